The van der Waals surface area contributed by atoms with Crippen LogP contribution < -0.4 is 0 Å². The first kappa shape index (κ1) is 8.90. The van der Waals surface area contributed by atoms with Crippen LogP contribution in [0.2, 0.25) is 0 Å². The fourth-order valence-electron chi connectivity index (χ4n) is 3.96. The second kappa shape index (κ2) is 2.60. The van der Waals surface area contributed by atoms with Crippen molar-refractivity contribution in [3.63, 3.8) is 0 Å². The lowest BCUT2D eigenvalue weighted by Crippen LogP contribution is -2.64. The van der Waals surface area contributed by atoms with Crippen molar-refractivity contribution in [1.29, 1.82) is 0 Å². The van der Waals surface area contributed by atoms with E-state index in [1.54, 1.807) is 0 Å². The summed E-state index contributed by atoms with van der Waals surface area (Å²) in [6, 6.07) is 0. The SMILES string of the molecule is CC(C)C12CC3CN(CC(C1)C3=O)C2. The fourth-order valence-corrected chi connectivity index (χ4v) is 3.96. The number of rotatable bonds is 1. The van der Waals surface area contributed by atoms with Crippen molar-refractivity contribution >= 4 is 5.78 Å². The number of carbonyl (C=O) groups is 1. The van der Waals surface area contributed by atoms with Crippen LogP contribution in [-0.2, 0) is 4.79 Å². The van der Waals surface area contributed by atoms with Gasteiger partial charge in [-0.1, -0.05) is 13.8 Å². The Labute approximate surface area is 85.7 Å². The van der Waals surface area contributed by atoms with Gasteiger partial charge >= 0.3 is 0 Å². The summed E-state index contributed by atoms with van der Waals surface area (Å²) in [6.07, 6.45) is 2.35. The molecule has 4 bridgehead atoms. The van der Waals surface area contributed by atoms with Crippen LogP contribution in [0.3, 0.4) is 0 Å². The van der Waals surface area contributed by atoms with E-state index in [2.05, 4.69) is 18.7 Å². The highest BCUT2D eigenvalue weighted by molar-refractivity contribution is 5.86. The maximum absolute atomic E-state index is 11.9. The molecule has 2 heteroatoms. The topological polar surface area (TPSA) is 20.3 Å². The first-order chi connectivity index (χ1) is 6.61. The lowest BCUT2D eigenvalue weighted by molar-refractivity contribution is -0.155. The van der Waals surface area contributed by atoms with Crippen molar-refractivity contribution in [2.45, 2.75) is 26.7 Å². The lowest BCUT2D eigenvalue weighted by atomic mass is 9.55. The number of hydrogen-bond donors (Lipinski definition) is 0. The van der Waals surface area contributed by atoms with Crippen molar-refractivity contribution in [2.24, 2.45) is 23.2 Å². The molecule has 2 atom stereocenters. The molecule has 4 rings (SSSR count). The average molecular weight is 193 g/mol. The van der Waals surface area contributed by atoms with E-state index in [1.165, 1.54) is 19.4 Å². The quantitative estimate of drug-likeness (QED) is 0.630. The summed E-state index contributed by atoms with van der Waals surface area (Å²) >= 11 is 0. The largest absolute Gasteiger partial charge is 0.301 e. The van der Waals surface area contributed by atoms with Crippen LogP contribution in [-0.4, -0.2) is 30.3 Å². The summed E-state index contributed by atoms with van der Waals surface area (Å²) in [6.45, 7) is 8.04. The van der Waals surface area contributed by atoms with Crippen LogP contribution in [0.15, 0.2) is 0 Å². The van der Waals surface area contributed by atoms with E-state index in [0.29, 0.717) is 23.0 Å². The van der Waals surface area contributed by atoms with Gasteiger partial charge in [-0.05, 0) is 24.2 Å². The van der Waals surface area contributed by atoms with E-state index < -0.39 is 0 Å². The van der Waals surface area contributed by atoms with Gasteiger partial charge in [0.05, 0.1) is 0 Å². The Kier molecular flexibility index (Phi) is 1.65. The molecule has 3 heterocycles. The minimum Gasteiger partial charge on any atom is -0.301 e. The van der Waals surface area contributed by atoms with Gasteiger partial charge in [-0.15, -0.1) is 0 Å². The standard InChI is InChI=1S/C12H19NO/c1-8(2)12-3-9-5-13(7-12)6-10(4-12)11(9)14/h8-10H,3-7H2,1-2H3. The summed E-state index contributed by atoms with van der Waals surface area (Å²) in [5, 5.41) is 0. The number of nitrogens with zero attached hydrogens (tertiary/aromatic N) is 1. The molecule has 2 unspecified atom stereocenters. The molecule has 1 aliphatic carbocycles. The van der Waals surface area contributed by atoms with Gasteiger partial charge in [-0.2, -0.15) is 0 Å². The van der Waals surface area contributed by atoms with Crippen LogP contribution >= 0.6 is 0 Å². The highest BCUT2D eigenvalue weighted by atomic mass is 16.1. The third-order valence-corrected chi connectivity index (χ3v) is 4.83. The zero-order valence-corrected chi connectivity index (χ0v) is 9.12. The summed E-state index contributed by atoms with van der Waals surface area (Å²) < 4.78 is 0. The second-order valence-corrected chi connectivity index (χ2v) is 5.92. The molecule has 4 fully saturated rings. The molecule has 0 aromatic carbocycles. The van der Waals surface area contributed by atoms with Crippen LogP contribution in [0.25, 0.3) is 0 Å². The van der Waals surface area contributed by atoms with Gasteiger partial charge in [-0.3, -0.25) is 4.79 Å². The van der Waals surface area contributed by atoms with Gasteiger partial charge in [0, 0.05) is 31.5 Å². The molecule has 0 aromatic rings. The van der Waals surface area contributed by atoms with Crippen LogP contribution in [0.5, 0.6) is 0 Å². The molecule has 0 N–H and O–H groups in total. The molecule has 14 heavy (non-hydrogen) atoms. The number of ketones is 1. The molecule has 1 saturated carbocycles. The molecule has 0 amide bonds. The normalized spacial score (nSPS) is 50.5. The molecular weight excluding hydrogens is 174 g/mol. The predicted molar refractivity (Wildman–Crippen MR) is 54.9 cm³/mol. The number of piperidine rings is 3. The van der Waals surface area contributed by atoms with Gasteiger partial charge in [-0.25, -0.2) is 0 Å². The van der Waals surface area contributed by atoms with Gasteiger partial charge in [0.15, 0.2) is 0 Å². The molecule has 0 aromatic heterocycles. The second-order valence-electron chi connectivity index (χ2n) is 5.92. The summed E-state index contributed by atoms with van der Waals surface area (Å²) in [5.41, 5.74) is 0.486. The monoisotopic (exact) mass is 193 g/mol. The Morgan fingerprint density at radius 1 is 1.29 bits per heavy atom. The van der Waals surface area contributed by atoms with E-state index in [4.69, 9.17) is 0 Å². The minimum absolute atomic E-state index is 0.388. The Balaban J connectivity index is 1.96. The predicted octanol–water partition coefficient (Wildman–Crippen LogP) is 1.55. The molecule has 3 aliphatic heterocycles. The van der Waals surface area contributed by atoms with Crippen LogP contribution in [0, 0.1) is 23.2 Å². The first-order valence-corrected chi connectivity index (χ1v) is 5.87. The first-order valence-electron chi connectivity index (χ1n) is 5.87. The summed E-state index contributed by atoms with van der Waals surface area (Å²) in [5.74, 6) is 2.10. The van der Waals surface area contributed by atoms with Crippen molar-refractivity contribution < 1.29 is 4.79 Å². The lowest BCUT2D eigenvalue weighted by Gasteiger charge is -2.59. The van der Waals surface area contributed by atoms with E-state index in [-0.39, 0.29) is 0 Å². The number of carbonyl (C=O) groups excluding carboxylic acids is 1. The molecule has 0 radical (unpaired) electrons. The number of Topliss-reactive ketones (excluding diaryl/α,β-unsaturated/α-hetero) is 1. The van der Waals surface area contributed by atoms with E-state index in [1.807, 2.05) is 0 Å². The maximum Gasteiger partial charge on any atom is 0.141 e. The molecule has 4 aliphatic rings. The number of hydrogen-bond acceptors (Lipinski definition) is 2. The fraction of sp³-hybridized carbons (Fsp3) is 0.917. The maximum atomic E-state index is 11.9. The van der Waals surface area contributed by atoms with Crippen molar-refractivity contribution in [2.75, 3.05) is 19.6 Å². The zero-order chi connectivity index (χ0) is 9.92. The average Bonchev–Trinajstić information content (AvgIpc) is 2.12. The Hall–Kier alpha value is -0.370. The third kappa shape index (κ3) is 0.979. The van der Waals surface area contributed by atoms with Crippen molar-refractivity contribution in [3.05, 3.63) is 0 Å². The summed E-state index contributed by atoms with van der Waals surface area (Å²) in [4.78, 5) is 14.4. The Bertz CT molecular complexity index is 266. The van der Waals surface area contributed by atoms with Crippen LogP contribution in [0.4, 0.5) is 0 Å². The van der Waals surface area contributed by atoms with Crippen molar-refractivity contribution in [3.8, 4) is 0 Å². The molecule has 0 spiro atoms. The molecular formula is C12H19NO. The van der Waals surface area contributed by atoms with Crippen LogP contribution in [0.1, 0.15) is 26.7 Å². The zero-order valence-electron chi connectivity index (χ0n) is 9.12. The van der Waals surface area contributed by atoms with Gasteiger partial charge < -0.3 is 4.90 Å². The molecule has 2 nitrogen and oxygen atoms in total. The van der Waals surface area contributed by atoms with E-state index in [9.17, 15) is 4.79 Å². The minimum atomic E-state index is 0.388. The van der Waals surface area contributed by atoms with Gasteiger partial charge in [0.1, 0.15) is 5.78 Å². The Morgan fingerprint density at radius 3 is 2.36 bits per heavy atom. The van der Waals surface area contributed by atoms with E-state index >= 15 is 0 Å². The molecule has 78 valence electrons. The van der Waals surface area contributed by atoms with Gasteiger partial charge in [0.25, 0.3) is 0 Å². The third-order valence-electron chi connectivity index (χ3n) is 4.83. The molecule has 3 saturated heterocycles. The highest BCUT2D eigenvalue weighted by Crippen LogP contribution is 2.52. The highest BCUT2D eigenvalue weighted by Gasteiger charge is 2.55. The smallest absolute Gasteiger partial charge is 0.141 e. The van der Waals surface area contributed by atoms with E-state index in [0.717, 1.165) is 19.0 Å². The van der Waals surface area contributed by atoms with Gasteiger partial charge in [0.2, 0.25) is 0 Å². The van der Waals surface area contributed by atoms with Crippen molar-refractivity contribution in [1.82, 2.24) is 4.90 Å². The summed E-state index contributed by atoms with van der Waals surface area (Å²) in [7, 11) is 0. The Morgan fingerprint density at radius 2 is 1.86 bits per heavy atom.